The van der Waals surface area contributed by atoms with Crippen LogP contribution < -0.4 is 21.4 Å². The zero-order valence-corrected chi connectivity index (χ0v) is 16.7. The van der Waals surface area contributed by atoms with E-state index in [1.54, 1.807) is 18.2 Å². The van der Waals surface area contributed by atoms with Crippen LogP contribution in [0.3, 0.4) is 0 Å². The molecule has 1 aliphatic rings. The fourth-order valence-corrected chi connectivity index (χ4v) is 3.16. The van der Waals surface area contributed by atoms with E-state index in [1.807, 2.05) is 6.92 Å². The molecule has 156 valence electrons. The van der Waals surface area contributed by atoms with Gasteiger partial charge in [-0.1, -0.05) is 17.7 Å². The molecule has 1 heterocycles. The molecule has 0 aromatic heterocycles. The molecule has 0 aliphatic carbocycles. The van der Waals surface area contributed by atoms with Crippen LogP contribution >= 0.6 is 11.6 Å². The van der Waals surface area contributed by atoms with Crippen molar-refractivity contribution in [2.24, 2.45) is 10.8 Å². The molecular formula is C20H19ClFN5O3. The number of carbonyl (C=O) groups excluding carboxylic acids is 3. The first-order chi connectivity index (χ1) is 14.2. The Morgan fingerprint density at radius 3 is 2.57 bits per heavy atom. The summed E-state index contributed by atoms with van der Waals surface area (Å²) in [6, 6.07) is 9.54. The van der Waals surface area contributed by atoms with Gasteiger partial charge in [0.2, 0.25) is 11.8 Å². The number of rotatable bonds is 6. The number of carbonyl (C=O) groups is 3. The average molecular weight is 432 g/mol. The van der Waals surface area contributed by atoms with Gasteiger partial charge in [-0.2, -0.15) is 5.10 Å². The van der Waals surface area contributed by atoms with Gasteiger partial charge in [0, 0.05) is 6.42 Å². The Balaban J connectivity index is 1.64. The maximum atomic E-state index is 13.2. The quantitative estimate of drug-likeness (QED) is 0.648. The summed E-state index contributed by atoms with van der Waals surface area (Å²) in [6.45, 7) is 1.55. The smallest absolute Gasteiger partial charge is 0.268 e. The maximum Gasteiger partial charge on any atom is 0.268 e. The van der Waals surface area contributed by atoms with E-state index in [0.717, 1.165) is 5.56 Å². The van der Waals surface area contributed by atoms with Gasteiger partial charge in [0.15, 0.2) is 0 Å². The first-order valence-corrected chi connectivity index (χ1v) is 9.38. The number of halogens is 2. The van der Waals surface area contributed by atoms with Gasteiger partial charge in [-0.15, -0.1) is 0 Å². The fraction of sp³-hybridized carbons (Fsp3) is 0.200. The Morgan fingerprint density at radius 2 is 1.93 bits per heavy atom. The number of nitrogens with zero attached hydrogens (tertiary/aromatic N) is 2. The minimum Gasteiger partial charge on any atom is -0.368 e. The molecule has 3 rings (SSSR count). The van der Waals surface area contributed by atoms with E-state index in [-0.39, 0.29) is 18.7 Å². The Kier molecular flexibility index (Phi) is 6.31. The van der Waals surface area contributed by atoms with Gasteiger partial charge in [-0.25, -0.2) is 4.39 Å². The van der Waals surface area contributed by atoms with Gasteiger partial charge in [0.1, 0.15) is 17.6 Å². The minimum absolute atomic E-state index is 0.0318. The standard InChI is InChI=1S/C20H19ClFN5O3/c1-11-2-7-15(14(21)8-11)25-18(28)10-24-20(30)16-9-17(19(23)29)27(26-16)13-5-3-12(22)4-6-13/h2-8,17H,9-10H2,1H3,(H2,23,29)(H,24,30)(H,25,28). The molecule has 0 bridgehead atoms. The summed E-state index contributed by atoms with van der Waals surface area (Å²) in [5.74, 6) is -2.22. The monoisotopic (exact) mass is 431 g/mol. The van der Waals surface area contributed by atoms with Gasteiger partial charge in [-0.05, 0) is 48.9 Å². The molecule has 0 saturated heterocycles. The molecular weight excluding hydrogens is 413 g/mol. The highest BCUT2D eigenvalue weighted by Crippen LogP contribution is 2.25. The van der Waals surface area contributed by atoms with E-state index in [4.69, 9.17) is 17.3 Å². The largest absolute Gasteiger partial charge is 0.368 e. The van der Waals surface area contributed by atoms with Crippen LogP contribution in [-0.4, -0.2) is 36.0 Å². The number of hydrazone groups is 1. The number of amides is 3. The topological polar surface area (TPSA) is 117 Å². The zero-order valence-electron chi connectivity index (χ0n) is 16.0. The summed E-state index contributed by atoms with van der Waals surface area (Å²) < 4.78 is 13.2. The summed E-state index contributed by atoms with van der Waals surface area (Å²) >= 11 is 6.08. The molecule has 1 unspecified atom stereocenters. The van der Waals surface area contributed by atoms with Gasteiger partial charge < -0.3 is 16.4 Å². The van der Waals surface area contributed by atoms with Gasteiger partial charge >= 0.3 is 0 Å². The van der Waals surface area contributed by atoms with Crippen molar-refractivity contribution in [3.05, 3.63) is 58.9 Å². The van der Waals surface area contributed by atoms with E-state index in [9.17, 15) is 18.8 Å². The number of hydrogen-bond acceptors (Lipinski definition) is 5. The lowest BCUT2D eigenvalue weighted by Crippen LogP contribution is -2.40. The number of nitrogens with one attached hydrogen (secondary N) is 2. The molecule has 30 heavy (non-hydrogen) atoms. The molecule has 2 aromatic carbocycles. The van der Waals surface area contributed by atoms with E-state index in [0.29, 0.717) is 16.4 Å². The molecule has 0 fully saturated rings. The van der Waals surface area contributed by atoms with Crippen molar-refractivity contribution in [2.75, 3.05) is 16.9 Å². The van der Waals surface area contributed by atoms with Crippen LogP contribution in [0.15, 0.2) is 47.6 Å². The molecule has 8 nitrogen and oxygen atoms in total. The minimum atomic E-state index is -0.892. The highest BCUT2D eigenvalue weighted by atomic mass is 35.5. The van der Waals surface area contributed by atoms with Crippen molar-refractivity contribution in [3.63, 3.8) is 0 Å². The second-order valence-corrected chi connectivity index (χ2v) is 7.11. The Hall–Kier alpha value is -3.46. The lowest BCUT2D eigenvalue weighted by Gasteiger charge is -2.20. The predicted octanol–water partition coefficient (Wildman–Crippen LogP) is 1.96. The van der Waals surface area contributed by atoms with Gasteiger partial charge in [-0.3, -0.25) is 19.4 Å². The van der Waals surface area contributed by atoms with E-state index >= 15 is 0 Å². The highest BCUT2D eigenvalue weighted by molar-refractivity contribution is 6.40. The molecule has 1 aliphatic heterocycles. The summed E-state index contributed by atoms with van der Waals surface area (Å²) in [7, 11) is 0. The number of benzene rings is 2. The molecule has 0 saturated carbocycles. The second-order valence-electron chi connectivity index (χ2n) is 6.70. The van der Waals surface area contributed by atoms with Crippen LogP contribution in [0, 0.1) is 12.7 Å². The SMILES string of the molecule is Cc1ccc(NC(=O)CNC(=O)C2=NN(c3ccc(F)cc3)C(C(N)=O)C2)c(Cl)c1. The number of aryl methyl sites for hydroxylation is 1. The van der Waals surface area contributed by atoms with Crippen LogP contribution in [0.25, 0.3) is 0 Å². The van der Waals surface area contributed by atoms with Crippen LogP contribution in [0.1, 0.15) is 12.0 Å². The molecule has 0 radical (unpaired) electrons. The Bertz CT molecular complexity index is 1030. The average Bonchev–Trinajstić information content (AvgIpc) is 3.15. The van der Waals surface area contributed by atoms with Gasteiger partial charge in [0.25, 0.3) is 5.91 Å². The van der Waals surface area contributed by atoms with Crippen LogP contribution in [0.2, 0.25) is 5.02 Å². The number of anilines is 2. The van der Waals surface area contributed by atoms with Crippen LogP contribution in [0.5, 0.6) is 0 Å². The van der Waals surface area contributed by atoms with Crippen molar-refractivity contribution in [1.29, 1.82) is 0 Å². The maximum absolute atomic E-state index is 13.2. The first-order valence-electron chi connectivity index (χ1n) is 9.00. The van der Waals surface area contributed by atoms with Crippen molar-refractivity contribution in [3.8, 4) is 0 Å². The number of primary amides is 1. The van der Waals surface area contributed by atoms with Gasteiger partial charge in [0.05, 0.1) is 22.9 Å². The third-order valence-corrected chi connectivity index (χ3v) is 4.71. The van der Waals surface area contributed by atoms with E-state index < -0.39 is 29.6 Å². The molecule has 4 N–H and O–H groups in total. The molecule has 3 amide bonds. The Labute approximate surface area is 176 Å². The van der Waals surface area contributed by atoms with Crippen molar-refractivity contribution < 1.29 is 18.8 Å². The Morgan fingerprint density at radius 1 is 1.23 bits per heavy atom. The lowest BCUT2D eigenvalue weighted by molar-refractivity contribution is -0.120. The molecule has 1 atom stereocenters. The predicted molar refractivity (Wildman–Crippen MR) is 112 cm³/mol. The third-order valence-electron chi connectivity index (χ3n) is 4.40. The number of nitrogens with two attached hydrogens (primary N) is 1. The number of hydrogen-bond donors (Lipinski definition) is 3. The van der Waals surface area contributed by atoms with Crippen LogP contribution in [-0.2, 0) is 14.4 Å². The molecule has 2 aromatic rings. The zero-order chi connectivity index (χ0) is 21.8. The molecule has 0 spiro atoms. The summed E-state index contributed by atoms with van der Waals surface area (Å²) in [5, 5.41) is 10.8. The first kappa shape index (κ1) is 21.3. The normalized spacial score (nSPS) is 15.5. The fourth-order valence-electron chi connectivity index (χ4n) is 2.88. The van der Waals surface area contributed by atoms with Crippen LogP contribution in [0.4, 0.5) is 15.8 Å². The van der Waals surface area contributed by atoms with Crippen molar-refractivity contribution in [2.45, 2.75) is 19.4 Å². The second kappa shape index (κ2) is 8.91. The van der Waals surface area contributed by atoms with Crippen molar-refractivity contribution >= 4 is 46.4 Å². The van der Waals surface area contributed by atoms with E-state index in [2.05, 4.69) is 15.7 Å². The highest BCUT2D eigenvalue weighted by Gasteiger charge is 2.35. The summed E-state index contributed by atoms with van der Waals surface area (Å²) in [6.07, 6.45) is -0.0377. The lowest BCUT2D eigenvalue weighted by atomic mass is 10.1. The molecule has 10 heteroatoms. The summed E-state index contributed by atoms with van der Waals surface area (Å²) in [5.41, 5.74) is 7.23. The van der Waals surface area contributed by atoms with E-state index in [1.165, 1.54) is 29.3 Å². The third kappa shape index (κ3) is 4.93. The summed E-state index contributed by atoms with van der Waals surface area (Å²) in [4.78, 5) is 36.3. The van der Waals surface area contributed by atoms with Crippen molar-refractivity contribution in [1.82, 2.24) is 5.32 Å².